The normalized spacial score (nSPS) is 20.6. The van der Waals surface area contributed by atoms with Gasteiger partial charge in [-0.15, -0.1) is 0 Å². The van der Waals surface area contributed by atoms with Crippen molar-refractivity contribution in [2.24, 2.45) is 5.92 Å². The number of carbonyl (C=O) groups excluding carboxylic acids is 1. The maximum atomic E-state index is 13.1. The van der Waals surface area contributed by atoms with Crippen molar-refractivity contribution in [1.29, 1.82) is 0 Å². The number of fused-ring (bicyclic) bond motifs is 4. The Morgan fingerprint density at radius 2 is 1.84 bits per heavy atom. The van der Waals surface area contributed by atoms with Crippen molar-refractivity contribution in [1.82, 2.24) is 14.9 Å². The van der Waals surface area contributed by atoms with Gasteiger partial charge in [0, 0.05) is 54.6 Å². The first kappa shape index (κ1) is 24.2. The maximum absolute atomic E-state index is 13.1. The molecule has 2 aliphatic carbocycles. The van der Waals surface area contributed by atoms with Crippen LogP contribution in [0.5, 0.6) is 0 Å². The molecule has 2 aromatic heterocycles. The van der Waals surface area contributed by atoms with Crippen molar-refractivity contribution in [2.45, 2.75) is 49.2 Å². The summed E-state index contributed by atoms with van der Waals surface area (Å²) in [5.74, 6) is 2.04. The van der Waals surface area contributed by atoms with E-state index in [0.29, 0.717) is 5.25 Å². The first-order valence-electron chi connectivity index (χ1n) is 14.0. The molecule has 3 aromatic rings. The minimum Gasteiger partial charge on any atom is -0.355 e. The smallest absolute Gasteiger partial charge is 0.237 e. The van der Waals surface area contributed by atoms with Gasteiger partial charge in [-0.3, -0.25) is 9.78 Å². The van der Waals surface area contributed by atoms with Crippen LogP contribution in [0, 0.1) is 5.92 Å². The third-order valence-electron chi connectivity index (χ3n) is 8.75. The summed E-state index contributed by atoms with van der Waals surface area (Å²) in [5, 5.41) is 1.81. The molecule has 0 unspecified atom stereocenters. The summed E-state index contributed by atoms with van der Waals surface area (Å²) in [4.78, 5) is 29.4. The lowest BCUT2D eigenvalue weighted by atomic mass is 9.92. The Bertz CT molecular complexity index is 1410. The summed E-state index contributed by atoms with van der Waals surface area (Å²) in [6, 6.07) is 8.74. The molecule has 1 spiro atoms. The van der Waals surface area contributed by atoms with Gasteiger partial charge in [0.05, 0.1) is 28.5 Å². The minimum absolute atomic E-state index is 0.219. The van der Waals surface area contributed by atoms with Crippen molar-refractivity contribution >= 4 is 46.0 Å². The van der Waals surface area contributed by atoms with Gasteiger partial charge in [0.2, 0.25) is 5.91 Å². The highest BCUT2D eigenvalue weighted by Gasteiger charge is 2.59. The quantitative estimate of drug-likeness (QED) is 0.417. The predicted molar refractivity (Wildman–Crippen MR) is 157 cm³/mol. The molecule has 4 aliphatic rings. The van der Waals surface area contributed by atoms with E-state index in [0.717, 1.165) is 77.6 Å². The Labute approximate surface area is 229 Å². The molecule has 1 saturated heterocycles. The highest BCUT2D eigenvalue weighted by molar-refractivity contribution is 8.01. The number of amides is 1. The Morgan fingerprint density at radius 3 is 2.55 bits per heavy atom. The second-order valence-electron chi connectivity index (χ2n) is 11.9. The number of hydrogen-bond acceptors (Lipinski definition) is 7. The number of rotatable bonds is 7. The highest BCUT2D eigenvalue weighted by Crippen LogP contribution is 2.58. The zero-order chi connectivity index (χ0) is 26.0. The standard InChI is InChI=1S/C30H36N6OS/c1-34(2)18-19-8-12-36(13-9-19)28-25(33-38-22-5-6-22)15-21(16-32-28)20-4-7-24-23(14-20)27-26(17-31-24)35(3)29(37)30(27)10-11-30/h4,7,14-17,19,22,33H,5-6,8-13,18H2,1-3H3. The first-order valence-corrected chi connectivity index (χ1v) is 14.8. The van der Waals surface area contributed by atoms with Crippen molar-refractivity contribution < 1.29 is 4.79 Å². The fraction of sp³-hybridized carbons (Fsp3) is 0.500. The molecule has 2 saturated carbocycles. The second-order valence-corrected chi connectivity index (χ2v) is 13.0. The van der Waals surface area contributed by atoms with Gasteiger partial charge in [-0.2, -0.15) is 0 Å². The van der Waals surface area contributed by atoms with E-state index in [4.69, 9.17) is 9.97 Å². The van der Waals surface area contributed by atoms with Crippen LogP contribution < -0.4 is 14.5 Å². The molecule has 1 N–H and O–H groups in total. The van der Waals surface area contributed by atoms with Gasteiger partial charge in [-0.05, 0) is 94.2 Å². The molecule has 2 aliphatic heterocycles. The molecule has 7 rings (SSSR count). The van der Waals surface area contributed by atoms with Crippen LogP contribution in [0.25, 0.3) is 22.0 Å². The van der Waals surface area contributed by atoms with E-state index in [1.165, 1.54) is 31.2 Å². The molecule has 38 heavy (non-hydrogen) atoms. The summed E-state index contributed by atoms with van der Waals surface area (Å²) in [6.07, 6.45) is 10.7. The summed E-state index contributed by atoms with van der Waals surface area (Å²) >= 11 is 1.84. The van der Waals surface area contributed by atoms with E-state index in [1.54, 1.807) is 4.90 Å². The average Bonchev–Trinajstić information content (AvgIpc) is 3.85. The Balaban J connectivity index is 1.23. The molecule has 1 aromatic carbocycles. The van der Waals surface area contributed by atoms with Gasteiger partial charge >= 0.3 is 0 Å². The predicted octanol–water partition coefficient (Wildman–Crippen LogP) is 5.31. The van der Waals surface area contributed by atoms with Crippen LogP contribution in [0.2, 0.25) is 0 Å². The number of nitrogens with zero attached hydrogens (tertiary/aromatic N) is 5. The van der Waals surface area contributed by atoms with E-state index in [-0.39, 0.29) is 11.3 Å². The zero-order valence-corrected chi connectivity index (χ0v) is 23.4. The van der Waals surface area contributed by atoms with E-state index < -0.39 is 0 Å². The van der Waals surface area contributed by atoms with Crippen molar-refractivity contribution in [2.75, 3.05) is 55.3 Å². The molecule has 4 heterocycles. The van der Waals surface area contributed by atoms with Gasteiger partial charge in [-0.1, -0.05) is 6.07 Å². The lowest BCUT2D eigenvalue weighted by molar-refractivity contribution is -0.119. The number of anilines is 3. The van der Waals surface area contributed by atoms with Crippen LogP contribution in [0.15, 0.2) is 36.7 Å². The fourth-order valence-corrected chi connectivity index (χ4v) is 7.18. The number of nitrogens with one attached hydrogen (secondary N) is 1. The topological polar surface area (TPSA) is 64.6 Å². The molecule has 7 nitrogen and oxygen atoms in total. The van der Waals surface area contributed by atoms with Crippen LogP contribution in [0.4, 0.5) is 17.2 Å². The van der Waals surface area contributed by atoms with Crippen molar-refractivity contribution in [3.63, 3.8) is 0 Å². The van der Waals surface area contributed by atoms with Crippen LogP contribution >= 0.6 is 11.9 Å². The molecule has 0 radical (unpaired) electrons. The van der Waals surface area contributed by atoms with E-state index in [1.807, 2.05) is 31.4 Å². The maximum Gasteiger partial charge on any atom is 0.237 e. The third kappa shape index (κ3) is 4.13. The summed E-state index contributed by atoms with van der Waals surface area (Å²) in [5.41, 5.74) is 6.07. The summed E-state index contributed by atoms with van der Waals surface area (Å²) in [6.45, 7) is 3.25. The molecule has 8 heteroatoms. The lowest BCUT2D eigenvalue weighted by Gasteiger charge is -2.35. The van der Waals surface area contributed by atoms with Gasteiger partial charge in [0.1, 0.15) is 0 Å². The van der Waals surface area contributed by atoms with Crippen molar-refractivity contribution in [3.8, 4) is 11.1 Å². The Hall–Kier alpha value is -2.84. The van der Waals surface area contributed by atoms with Gasteiger partial charge in [0.15, 0.2) is 5.82 Å². The number of benzene rings is 1. The molecule has 0 bridgehead atoms. The van der Waals surface area contributed by atoms with Crippen molar-refractivity contribution in [3.05, 3.63) is 42.2 Å². The molecule has 0 atom stereocenters. The minimum atomic E-state index is -0.335. The second kappa shape index (κ2) is 9.12. The SMILES string of the molecule is CN(C)CC1CCN(c2ncc(-c3ccc4ncc5c(c4c3)C3(CC3)C(=O)N5C)cc2NSC2CC2)CC1. The zero-order valence-electron chi connectivity index (χ0n) is 22.5. The largest absolute Gasteiger partial charge is 0.355 e. The molecule has 1 amide bonds. The van der Waals surface area contributed by atoms with Crippen LogP contribution in [0.3, 0.4) is 0 Å². The molecule has 198 valence electrons. The number of carbonyl (C=O) groups is 1. The van der Waals surface area contributed by atoms with Crippen LogP contribution in [-0.2, 0) is 10.2 Å². The average molecular weight is 529 g/mol. The highest BCUT2D eigenvalue weighted by atomic mass is 32.2. The first-order chi connectivity index (χ1) is 18.4. The Kier molecular flexibility index (Phi) is 5.82. The molecular weight excluding hydrogens is 492 g/mol. The van der Waals surface area contributed by atoms with Crippen LogP contribution in [0.1, 0.15) is 44.1 Å². The van der Waals surface area contributed by atoms with Gasteiger partial charge < -0.3 is 19.4 Å². The van der Waals surface area contributed by atoms with Crippen LogP contribution in [-0.4, -0.2) is 66.8 Å². The van der Waals surface area contributed by atoms with E-state index in [9.17, 15) is 4.79 Å². The number of piperidine rings is 1. The monoisotopic (exact) mass is 528 g/mol. The fourth-order valence-electron chi connectivity index (χ4n) is 6.36. The summed E-state index contributed by atoms with van der Waals surface area (Å²) in [7, 11) is 6.22. The third-order valence-corrected chi connectivity index (χ3v) is 9.89. The number of likely N-dealkylation sites (N-methyl/N-ethyl adjacent to an activating group) is 1. The van der Waals surface area contributed by atoms with E-state index in [2.05, 4.69) is 52.9 Å². The van der Waals surface area contributed by atoms with E-state index >= 15 is 0 Å². The lowest BCUT2D eigenvalue weighted by Crippen LogP contribution is -2.37. The number of pyridine rings is 2. The van der Waals surface area contributed by atoms with Gasteiger partial charge in [-0.25, -0.2) is 4.98 Å². The van der Waals surface area contributed by atoms with Gasteiger partial charge in [0.25, 0.3) is 0 Å². The summed E-state index contributed by atoms with van der Waals surface area (Å²) < 4.78 is 3.68. The molecule has 3 fully saturated rings. The number of aromatic nitrogens is 2. The Morgan fingerprint density at radius 1 is 1.05 bits per heavy atom. The molecular formula is C30H36N6OS. The number of hydrogen-bond donors (Lipinski definition) is 1.